The number of hydrogen-bond donors (Lipinski definition) is 1. The second-order valence-electron chi connectivity index (χ2n) is 4.83. The third kappa shape index (κ3) is 4.24. The van der Waals surface area contributed by atoms with E-state index in [1.807, 2.05) is 6.92 Å². The Morgan fingerprint density at radius 2 is 2.13 bits per heavy atom. The lowest BCUT2D eigenvalue weighted by atomic mass is 10.2. The van der Waals surface area contributed by atoms with Crippen LogP contribution in [0.4, 0.5) is 13.2 Å². The lowest BCUT2D eigenvalue weighted by molar-refractivity contribution is -0.141. The van der Waals surface area contributed by atoms with E-state index in [2.05, 4.69) is 10.4 Å². The van der Waals surface area contributed by atoms with E-state index in [1.165, 1.54) is 7.05 Å². The number of aromatic nitrogens is 2. The van der Waals surface area contributed by atoms with Gasteiger partial charge >= 0.3 is 6.18 Å². The number of rotatable bonds is 5. The minimum absolute atomic E-state index is 0.0892. The normalized spacial score (nSPS) is 11.3. The standard InChI is InChI=1S/C15H16F3N3O2/c1-3-23-11-6-4-5-10(7-11)8-19-14(22)12-9-21(2)20-13(12)15(16,17)18/h4-7,9H,3,8H2,1-2H3,(H,19,22). The summed E-state index contributed by atoms with van der Waals surface area (Å²) in [4.78, 5) is 12.0. The fraction of sp³-hybridized carbons (Fsp3) is 0.333. The predicted octanol–water partition coefficient (Wildman–Crippen LogP) is 2.77. The molecule has 23 heavy (non-hydrogen) atoms. The number of nitrogens with zero attached hydrogens (tertiary/aromatic N) is 2. The van der Waals surface area contributed by atoms with Gasteiger partial charge in [-0.2, -0.15) is 18.3 Å². The Hall–Kier alpha value is -2.51. The van der Waals surface area contributed by atoms with Crippen LogP contribution in [0, 0.1) is 0 Å². The third-order valence-corrected chi connectivity index (χ3v) is 3.00. The van der Waals surface area contributed by atoms with Crippen LogP contribution in [0.1, 0.15) is 28.5 Å². The second-order valence-corrected chi connectivity index (χ2v) is 4.83. The van der Waals surface area contributed by atoms with E-state index in [4.69, 9.17) is 4.74 Å². The Labute approximate surface area is 131 Å². The van der Waals surface area contributed by atoms with Crippen molar-refractivity contribution in [1.82, 2.24) is 15.1 Å². The first-order chi connectivity index (χ1) is 10.8. The molecule has 124 valence electrons. The number of halogens is 3. The van der Waals surface area contributed by atoms with Crippen LogP contribution in [0.5, 0.6) is 5.75 Å². The van der Waals surface area contributed by atoms with Crippen molar-refractivity contribution in [3.8, 4) is 5.75 Å². The Morgan fingerprint density at radius 3 is 2.78 bits per heavy atom. The van der Waals surface area contributed by atoms with E-state index in [0.717, 1.165) is 16.4 Å². The number of nitrogens with one attached hydrogen (secondary N) is 1. The first-order valence-electron chi connectivity index (χ1n) is 6.92. The molecule has 0 aliphatic carbocycles. The van der Waals surface area contributed by atoms with Crippen LogP contribution in [0.15, 0.2) is 30.5 Å². The van der Waals surface area contributed by atoms with Crippen molar-refractivity contribution >= 4 is 5.91 Å². The van der Waals surface area contributed by atoms with E-state index >= 15 is 0 Å². The van der Waals surface area contributed by atoms with Gasteiger partial charge in [-0.1, -0.05) is 12.1 Å². The summed E-state index contributed by atoms with van der Waals surface area (Å²) in [5.41, 5.74) is -0.969. The van der Waals surface area contributed by atoms with Crippen molar-refractivity contribution in [3.63, 3.8) is 0 Å². The molecule has 0 aliphatic rings. The Kier molecular flexibility index (Phi) is 4.92. The van der Waals surface area contributed by atoms with Crippen molar-refractivity contribution in [2.24, 2.45) is 7.05 Å². The van der Waals surface area contributed by atoms with Gasteiger partial charge in [0.25, 0.3) is 5.91 Å². The number of aryl methyl sites for hydroxylation is 1. The maximum Gasteiger partial charge on any atom is 0.435 e. The molecule has 2 aromatic rings. The van der Waals surface area contributed by atoms with Crippen molar-refractivity contribution in [3.05, 3.63) is 47.3 Å². The average molecular weight is 327 g/mol. The molecule has 1 heterocycles. The van der Waals surface area contributed by atoms with Crippen LogP contribution in [-0.4, -0.2) is 22.3 Å². The first-order valence-corrected chi connectivity index (χ1v) is 6.92. The lowest BCUT2D eigenvalue weighted by Crippen LogP contribution is -2.25. The van der Waals surface area contributed by atoms with E-state index < -0.39 is 23.3 Å². The number of benzene rings is 1. The quantitative estimate of drug-likeness (QED) is 0.919. The summed E-state index contributed by atoms with van der Waals surface area (Å²) in [5.74, 6) is -0.191. The zero-order valence-electron chi connectivity index (χ0n) is 12.6. The number of hydrogen-bond acceptors (Lipinski definition) is 3. The monoisotopic (exact) mass is 327 g/mol. The van der Waals surface area contributed by atoms with Crippen LogP contribution in [0.25, 0.3) is 0 Å². The molecular formula is C15H16F3N3O2. The van der Waals surface area contributed by atoms with Gasteiger partial charge in [-0.05, 0) is 24.6 Å². The van der Waals surface area contributed by atoms with Gasteiger partial charge in [0.15, 0.2) is 5.69 Å². The van der Waals surface area contributed by atoms with Gasteiger partial charge in [-0.15, -0.1) is 0 Å². The van der Waals surface area contributed by atoms with Gasteiger partial charge in [-0.3, -0.25) is 9.48 Å². The Balaban J connectivity index is 2.10. The van der Waals surface area contributed by atoms with E-state index in [-0.39, 0.29) is 6.54 Å². The number of ether oxygens (including phenoxy) is 1. The molecule has 0 aliphatic heterocycles. The summed E-state index contributed by atoms with van der Waals surface area (Å²) in [6.07, 6.45) is -3.63. The van der Waals surface area contributed by atoms with Crippen molar-refractivity contribution < 1.29 is 22.7 Å². The topological polar surface area (TPSA) is 56.1 Å². The molecule has 0 fully saturated rings. The summed E-state index contributed by atoms with van der Waals surface area (Å²) < 4.78 is 44.8. The predicted molar refractivity (Wildman–Crippen MR) is 77.0 cm³/mol. The van der Waals surface area contributed by atoms with Crippen molar-refractivity contribution in [1.29, 1.82) is 0 Å². The summed E-state index contributed by atoms with van der Waals surface area (Å²) in [5, 5.41) is 5.77. The highest BCUT2D eigenvalue weighted by Gasteiger charge is 2.38. The molecule has 1 aromatic heterocycles. The van der Waals surface area contributed by atoms with Crippen LogP contribution >= 0.6 is 0 Å². The van der Waals surface area contributed by atoms with Crippen LogP contribution in [-0.2, 0) is 19.8 Å². The fourth-order valence-electron chi connectivity index (χ4n) is 2.05. The maximum absolute atomic E-state index is 12.9. The van der Waals surface area contributed by atoms with Gasteiger partial charge < -0.3 is 10.1 Å². The maximum atomic E-state index is 12.9. The smallest absolute Gasteiger partial charge is 0.435 e. The van der Waals surface area contributed by atoms with E-state index in [1.54, 1.807) is 24.3 Å². The molecule has 0 saturated heterocycles. The molecule has 0 saturated carbocycles. The summed E-state index contributed by atoms with van der Waals surface area (Å²) >= 11 is 0. The summed E-state index contributed by atoms with van der Waals surface area (Å²) in [6, 6.07) is 6.98. The molecule has 1 amide bonds. The summed E-state index contributed by atoms with van der Waals surface area (Å²) in [6.45, 7) is 2.43. The number of amides is 1. The Bertz CT molecular complexity index is 696. The molecule has 0 radical (unpaired) electrons. The van der Waals surface area contributed by atoms with E-state index in [9.17, 15) is 18.0 Å². The molecule has 0 bridgehead atoms. The van der Waals surface area contributed by atoms with Crippen LogP contribution < -0.4 is 10.1 Å². The van der Waals surface area contributed by atoms with Gasteiger partial charge in [0.1, 0.15) is 5.75 Å². The summed E-state index contributed by atoms with van der Waals surface area (Å²) in [7, 11) is 1.33. The highest BCUT2D eigenvalue weighted by Crippen LogP contribution is 2.30. The molecule has 2 rings (SSSR count). The van der Waals surface area contributed by atoms with Gasteiger partial charge in [0.05, 0.1) is 12.2 Å². The average Bonchev–Trinajstić information content (AvgIpc) is 2.88. The SMILES string of the molecule is CCOc1cccc(CNC(=O)c2cn(C)nc2C(F)(F)F)c1. The molecule has 0 spiro atoms. The number of carbonyl (C=O) groups excluding carboxylic acids is 1. The van der Waals surface area contributed by atoms with Crippen LogP contribution in [0.2, 0.25) is 0 Å². The first kappa shape index (κ1) is 16.9. The van der Waals surface area contributed by atoms with Crippen molar-refractivity contribution in [2.75, 3.05) is 6.61 Å². The minimum atomic E-state index is -4.68. The number of alkyl halides is 3. The number of carbonyl (C=O) groups is 1. The zero-order valence-corrected chi connectivity index (χ0v) is 12.6. The largest absolute Gasteiger partial charge is 0.494 e. The van der Waals surface area contributed by atoms with Crippen LogP contribution in [0.3, 0.4) is 0 Å². The third-order valence-electron chi connectivity index (χ3n) is 3.00. The molecule has 0 atom stereocenters. The highest BCUT2D eigenvalue weighted by atomic mass is 19.4. The highest BCUT2D eigenvalue weighted by molar-refractivity contribution is 5.95. The van der Waals surface area contributed by atoms with E-state index in [0.29, 0.717) is 12.4 Å². The molecule has 5 nitrogen and oxygen atoms in total. The molecular weight excluding hydrogens is 311 g/mol. The second kappa shape index (κ2) is 6.72. The Morgan fingerprint density at radius 1 is 1.39 bits per heavy atom. The molecule has 1 N–H and O–H groups in total. The van der Waals surface area contributed by atoms with Crippen molar-refractivity contribution in [2.45, 2.75) is 19.6 Å². The van der Waals surface area contributed by atoms with Gasteiger partial charge in [0, 0.05) is 19.8 Å². The van der Waals surface area contributed by atoms with Gasteiger partial charge in [0.2, 0.25) is 0 Å². The lowest BCUT2D eigenvalue weighted by Gasteiger charge is -2.09. The minimum Gasteiger partial charge on any atom is -0.494 e. The zero-order chi connectivity index (χ0) is 17.0. The molecule has 8 heteroatoms. The fourth-order valence-corrected chi connectivity index (χ4v) is 2.05. The molecule has 0 unspecified atom stereocenters. The molecule has 1 aromatic carbocycles. The van der Waals surface area contributed by atoms with Gasteiger partial charge in [-0.25, -0.2) is 0 Å².